The van der Waals surface area contributed by atoms with E-state index >= 15 is 0 Å². The molecule has 0 aliphatic carbocycles. The van der Waals surface area contributed by atoms with Gasteiger partial charge in [-0.25, -0.2) is 0 Å². The summed E-state index contributed by atoms with van der Waals surface area (Å²) in [5.41, 5.74) is 1.24. The lowest BCUT2D eigenvalue weighted by atomic mass is 10.1. The standard InChI is InChI=1S/C17H14N4O4S/c22-13-7-5-11(6-8-13)10-18-20-17-19-16(23)15(26-17)9-12-3-1-2-4-14(12)21(24)25/h1-8,10,15,22H,9H2,(H,19,20,23)/b18-10-/t15-/m1/s1. The Labute approximate surface area is 152 Å². The van der Waals surface area contributed by atoms with Crippen LogP contribution < -0.4 is 5.32 Å². The Bertz CT molecular complexity index is 896. The largest absolute Gasteiger partial charge is 0.508 e. The van der Waals surface area contributed by atoms with Gasteiger partial charge in [-0.1, -0.05) is 30.0 Å². The second-order valence-electron chi connectivity index (χ2n) is 5.43. The van der Waals surface area contributed by atoms with Crippen LogP contribution in [0.25, 0.3) is 0 Å². The monoisotopic (exact) mass is 370 g/mol. The molecule has 1 saturated heterocycles. The van der Waals surface area contributed by atoms with Crippen molar-refractivity contribution >= 4 is 34.7 Å². The van der Waals surface area contributed by atoms with Crippen molar-refractivity contribution in [2.24, 2.45) is 10.2 Å². The van der Waals surface area contributed by atoms with Gasteiger partial charge in [0.05, 0.1) is 16.4 Å². The second-order valence-corrected chi connectivity index (χ2v) is 6.62. The zero-order valence-corrected chi connectivity index (χ0v) is 14.2. The lowest BCUT2D eigenvalue weighted by Crippen LogP contribution is -2.26. The van der Waals surface area contributed by atoms with Gasteiger partial charge in [-0.05, 0) is 29.8 Å². The fourth-order valence-corrected chi connectivity index (χ4v) is 3.31. The first kappa shape index (κ1) is 17.6. The molecule has 3 rings (SSSR count). The van der Waals surface area contributed by atoms with E-state index in [9.17, 15) is 20.0 Å². The summed E-state index contributed by atoms with van der Waals surface area (Å²) >= 11 is 1.18. The highest BCUT2D eigenvalue weighted by Gasteiger charge is 2.32. The van der Waals surface area contributed by atoms with Crippen LogP contribution in [0.2, 0.25) is 0 Å². The predicted molar refractivity (Wildman–Crippen MR) is 99.5 cm³/mol. The summed E-state index contributed by atoms with van der Waals surface area (Å²) in [4.78, 5) is 22.7. The van der Waals surface area contributed by atoms with Gasteiger partial charge in [0.1, 0.15) is 5.75 Å². The summed E-state index contributed by atoms with van der Waals surface area (Å²) in [5, 5.41) is 30.6. The van der Waals surface area contributed by atoms with Crippen molar-refractivity contribution in [3.8, 4) is 5.75 Å². The van der Waals surface area contributed by atoms with Crippen LogP contribution in [0, 0.1) is 10.1 Å². The van der Waals surface area contributed by atoms with Crippen LogP contribution in [0.3, 0.4) is 0 Å². The SMILES string of the molecule is O=C1N/C(=N\N=C/c2ccc(O)cc2)S[C@@H]1Cc1ccccc1[N+](=O)[O-]. The number of phenols is 1. The zero-order chi connectivity index (χ0) is 18.5. The summed E-state index contributed by atoms with van der Waals surface area (Å²) in [6.07, 6.45) is 1.73. The number of thioether (sulfide) groups is 1. The maximum atomic E-state index is 12.1. The van der Waals surface area contributed by atoms with Crippen LogP contribution in [-0.4, -0.2) is 32.6 Å². The molecule has 1 fully saturated rings. The Morgan fingerprint density at radius 3 is 2.69 bits per heavy atom. The van der Waals surface area contributed by atoms with Gasteiger partial charge in [0.2, 0.25) is 5.91 Å². The summed E-state index contributed by atoms with van der Waals surface area (Å²) in [7, 11) is 0. The first-order chi connectivity index (χ1) is 12.5. The average Bonchev–Trinajstić information content (AvgIpc) is 2.96. The van der Waals surface area contributed by atoms with Gasteiger partial charge in [-0.15, -0.1) is 5.10 Å². The Hall–Kier alpha value is -3.20. The number of aromatic hydroxyl groups is 1. The fraction of sp³-hybridized carbons (Fsp3) is 0.118. The van der Waals surface area contributed by atoms with Gasteiger partial charge < -0.3 is 10.4 Å². The molecule has 2 aromatic carbocycles. The van der Waals surface area contributed by atoms with Crippen LogP contribution in [0.4, 0.5) is 5.69 Å². The van der Waals surface area contributed by atoms with Gasteiger partial charge in [0.15, 0.2) is 5.17 Å². The molecule has 2 aromatic rings. The molecule has 0 aromatic heterocycles. The second kappa shape index (κ2) is 7.79. The minimum Gasteiger partial charge on any atom is -0.508 e. The molecule has 132 valence electrons. The summed E-state index contributed by atoms with van der Waals surface area (Å²) in [6.45, 7) is 0. The average molecular weight is 370 g/mol. The van der Waals surface area contributed by atoms with Crippen molar-refractivity contribution in [3.05, 3.63) is 69.8 Å². The number of nitrogens with one attached hydrogen (secondary N) is 1. The number of amides is 1. The van der Waals surface area contributed by atoms with E-state index in [1.807, 2.05) is 0 Å². The molecule has 0 bridgehead atoms. The Kier molecular flexibility index (Phi) is 5.28. The maximum Gasteiger partial charge on any atom is 0.272 e. The lowest BCUT2D eigenvalue weighted by Gasteiger charge is -2.05. The van der Waals surface area contributed by atoms with E-state index in [-0.39, 0.29) is 23.8 Å². The van der Waals surface area contributed by atoms with Crippen LogP contribution in [-0.2, 0) is 11.2 Å². The number of hydrogen-bond donors (Lipinski definition) is 2. The summed E-state index contributed by atoms with van der Waals surface area (Å²) in [6, 6.07) is 12.8. The van der Waals surface area contributed by atoms with Gasteiger partial charge in [0.25, 0.3) is 5.69 Å². The van der Waals surface area contributed by atoms with Crippen molar-refractivity contribution in [3.63, 3.8) is 0 Å². The van der Waals surface area contributed by atoms with E-state index in [0.717, 1.165) is 5.56 Å². The highest BCUT2D eigenvalue weighted by molar-refractivity contribution is 8.15. The first-order valence-electron chi connectivity index (χ1n) is 7.63. The number of rotatable bonds is 5. The van der Waals surface area contributed by atoms with Crippen LogP contribution in [0.15, 0.2) is 58.7 Å². The predicted octanol–water partition coefficient (Wildman–Crippen LogP) is 2.46. The van der Waals surface area contributed by atoms with Crippen LogP contribution in [0.5, 0.6) is 5.75 Å². The topological polar surface area (TPSA) is 117 Å². The van der Waals surface area contributed by atoms with E-state index in [0.29, 0.717) is 10.7 Å². The molecule has 1 atom stereocenters. The number of para-hydroxylation sites is 1. The van der Waals surface area contributed by atoms with Crippen molar-refractivity contribution in [2.45, 2.75) is 11.7 Å². The number of hydrogen-bond acceptors (Lipinski definition) is 7. The minimum atomic E-state index is -0.501. The van der Waals surface area contributed by atoms with Crippen LogP contribution in [0.1, 0.15) is 11.1 Å². The number of nitro groups is 1. The molecule has 26 heavy (non-hydrogen) atoms. The van der Waals surface area contributed by atoms with E-state index in [2.05, 4.69) is 15.5 Å². The van der Waals surface area contributed by atoms with E-state index in [4.69, 9.17) is 0 Å². The summed E-state index contributed by atoms with van der Waals surface area (Å²) in [5.74, 6) is -0.100. The molecule has 9 heteroatoms. The fourth-order valence-electron chi connectivity index (χ4n) is 2.36. The normalized spacial score (nSPS) is 18.4. The third-order valence-corrected chi connectivity index (χ3v) is 4.69. The van der Waals surface area contributed by atoms with Gasteiger partial charge >= 0.3 is 0 Å². The Morgan fingerprint density at radius 2 is 1.96 bits per heavy atom. The van der Waals surface area contributed by atoms with Crippen molar-refractivity contribution in [1.29, 1.82) is 0 Å². The number of amidine groups is 1. The highest BCUT2D eigenvalue weighted by Crippen LogP contribution is 2.27. The Morgan fingerprint density at radius 1 is 1.23 bits per heavy atom. The van der Waals surface area contributed by atoms with Crippen LogP contribution >= 0.6 is 11.8 Å². The zero-order valence-electron chi connectivity index (χ0n) is 13.4. The van der Waals surface area contributed by atoms with E-state index < -0.39 is 10.2 Å². The number of carbonyl (C=O) groups is 1. The molecule has 1 amide bonds. The van der Waals surface area contributed by atoms with Crippen molar-refractivity contribution in [1.82, 2.24) is 5.32 Å². The van der Waals surface area contributed by atoms with Gasteiger partial charge in [-0.3, -0.25) is 14.9 Å². The molecule has 1 aliphatic rings. The molecule has 0 unspecified atom stereocenters. The molecule has 8 nitrogen and oxygen atoms in total. The third-order valence-electron chi connectivity index (χ3n) is 3.62. The third kappa shape index (κ3) is 4.25. The van der Waals surface area contributed by atoms with Crippen molar-refractivity contribution < 1.29 is 14.8 Å². The number of phenolic OH excluding ortho intramolecular Hbond substituents is 1. The number of carbonyl (C=O) groups excluding carboxylic acids is 1. The maximum absolute atomic E-state index is 12.1. The van der Waals surface area contributed by atoms with Gasteiger partial charge in [0, 0.05) is 18.1 Å². The van der Waals surface area contributed by atoms with E-state index in [1.54, 1.807) is 30.3 Å². The number of nitrogens with zero attached hydrogens (tertiary/aromatic N) is 3. The molecule has 0 saturated carbocycles. The smallest absolute Gasteiger partial charge is 0.272 e. The summed E-state index contributed by atoms with van der Waals surface area (Å²) < 4.78 is 0. The van der Waals surface area contributed by atoms with Gasteiger partial charge in [-0.2, -0.15) is 5.10 Å². The molecule has 2 N–H and O–H groups in total. The van der Waals surface area contributed by atoms with Crippen molar-refractivity contribution in [2.75, 3.05) is 0 Å². The molecular formula is C17H14N4O4S. The van der Waals surface area contributed by atoms with E-state index in [1.165, 1.54) is 36.2 Å². The molecule has 0 spiro atoms. The first-order valence-corrected chi connectivity index (χ1v) is 8.51. The molecule has 0 radical (unpaired) electrons. The highest BCUT2D eigenvalue weighted by atomic mass is 32.2. The molecule has 1 heterocycles. The minimum absolute atomic E-state index is 0.00311. The molecule has 1 aliphatic heterocycles. The number of benzene rings is 2. The quantitative estimate of drug-likeness (QED) is 0.476. The lowest BCUT2D eigenvalue weighted by molar-refractivity contribution is -0.385. The number of nitro benzene ring substituents is 1. The molecular weight excluding hydrogens is 356 g/mol. The Balaban J connectivity index is 1.67.